The molecule has 0 saturated heterocycles. The summed E-state index contributed by atoms with van der Waals surface area (Å²) in [5, 5.41) is 8.31. The molecule has 3 rings (SSSR count). The van der Waals surface area contributed by atoms with Crippen molar-refractivity contribution in [3.8, 4) is 11.3 Å². The van der Waals surface area contributed by atoms with Crippen LogP contribution in [0.2, 0.25) is 5.02 Å². The van der Waals surface area contributed by atoms with E-state index < -0.39 is 0 Å². The quantitative estimate of drug-likeness (QED) is 0.668. The Morgan fingerprint density at radius 3 is 2.94 bits per heavy atom. The van der Waals surface area contributed by atoms with Crippen molar-refractivity contribution < 1.29 is 4.42 Å². The van der Waals surface area contributed by atoms with E-state index in [1.807, 2.05) is 12.1 Å². The van der Waals surface area contributed by atoms with Gasteiger partial charge < -0.3 is 4.42 Å². The minimum Gasteiger partial charge on any atom is -0.464 e. The van der Waals surface area contributed by atoms with Crippen LogP contribution in [-0.4, -0.2) is 10.2 Å². The van der Waals surface area contributed by atoms with E-state index in [9.17, 15) is 0 Å². The lowest BCUT2D eigenvalue weighted by atomic mass is 10.1. The van der Waals surface area contributed by atoms with Gasteiger partial charge in [0.1, 0.15) is 11.8 Å². The monoisotopic (exact) mass is 262 g/mol. The third kappa shape index (κ3) is 1.75. The minimum absolute atomic E-state index is 0.637. The van der Waals surface area contributed by atoms with Gasteiger partial charge in [0.15, 0.2) is 0 Å². The van der Waals surface area contributed by atoms with Gasteiger partial charge >= 0.3 is 0 Å². The molecular weight excluding hydrogens is 256 g/mol. The number of nitrogens with zero attached hydrogens (tertiary/aromatic N) is 1. The normalized spacial score (nSPS) is 10.9. The minimum atomic E-state index is 0.637. The van der Waals surface area contributed by atoms with Crippen molar-refractivity contribution in [3.05, 3.63) is 46.3 Å². The molecule has 0 radical (unpaired) electrons. The Hall–Kier alpha value is -1.65. The largest absolute Gasteiger partial charge is 0.464 e. The molecule has 0 bridgehead atoms. The zero-order valence-corrected chi connectivity index (χ0v) is 10.2. The second-order valence-corrected chi connectivity index (χ2v) is 4.42. The van der Waals surface area contributed by atoms with Gasteiger partial charge in [0.2, 0.25) is 0 Å². The highest BCUT2D eigenvalue weighted by Gasteiger charge is 2.07. The number of fused-ring (bicyclic) bond motifs is 1. The van der Waals surface area contributed by atoms with Crippen LogP contribution in [0.5, 0.6) is 0 Å². The molecule has 0 unspecified atom stereocenters. The number of halogens is 1. The van der Waals surface area contributed by atoms with Gasteiger partial charge in [-0.25, -0.2) is 0 Å². The number of benzene rings is 1. The van der Waals surface area contributed by atoms with Crippen LogP contribution >= 0.6 is 23.8 Å². The maximum atomic E-state index is 5.96. The summed E-state index contributed by atoms with van der Waals surface area (Å²) in [5.41, 5.74) is 2.27. The summed E-state index contributed by atoms with van der Waals surface area (Å²) in [6.45, 7) is 0. The van der Waals surface area contributed by atoms with E-state index in [2.05, 4.69) is 10.2 Å². The van der Waals surface area contributed by atoms with Gasteiger partial charge in [-0.2, -0.15) is 5.10 Å². The highest BCUT2D eigenvalue weighted by atomic mass is 35.5. The Labute approximate surface area is 107 Å². The lowest BCUT2D eigenvalue weighted by molar-refractivity contribution is 0.605. The Balaban J connectivity index is 2.36. The molecule has 1 aromatic carbocycles. The summed E-state index contributed by atoms with van der Waals surface area (Å²) in [6.07, 6.45) is 3.36. The van der Waals surface area contributed by atoms with Crippen LogP contribution in [-0.2, 0) is 0 Å². The fourth-order valence-corrected chi connectivity index (χ4v) is 2.17. The highest BCUT2D eigenvalue weighted by molar-refractivity contribution is 7.71. The summed E-state index contributed by atoms with van der Waals surface area (Å²) >= 11 is 11.4. The van der Waals surface area contributed by atoms with Gasteiger partial charge in [0.25, 0.3) is 0 Å². The summed E-state index contributed by atoms with van der Waals surface area (Å²) in [5.74, 6) is 0. The zero-order valence-electron chi connectivity index (χ0n) is 8.61. The zero-order chi connectivity index (χ0) is 11.8. The lowest BCUT2D eigenvalue weighted by Gasteiger charge is -2.01. The van der Waals surface area contributed by atoms with Gasteiger partial charge in [-0.3, -0.25) is 5.10 Å². The number of aromatic nitrogens is 2. The molecule has 0 atom stereocenters. The van der Waals surface area contributed by atoms with Crippen LogP contribution in [0.25, 0.3) is 22.2 Å². The molecule has 5 heteroatoms. The summed E-state index contributed by atoms with van der Waals surface area (Å²) in [4.78, 5) is 0. The van der Waals surface area contributed by atoms with Crippen molar-refractivity contribution in [3.63, 3.8) is 0 Å². The van der Waals surface area contributed by atoms with Gasteiger partial charge in [-0.1, -0.05) is 23.8 Å². The van der Waals surface area contributed by atoms with Gasteiger partial charge in [-0.15, -0.1) is 0 Å². The van der Waals surface area contributed by atoms with Crippen molar-refractivity contribution in [2.75, 3.05) is 0 Å². The van der Waals surface area contributed by atoms with Crippen molar-refractivity contribution in [2.45, 2.75) is 0 Å². The lowest BCUT2D eigenvalue weighted by Crippen LogP contribution is -1.82. The second kappa shape index (κ2) is 3.98. The maximum absolute atomic E-state index is 5.96. The first-order chi connectivity index (χ1) is 8.25. The highest BCUT2D eigenvalue weighted by Crippen LogP contribution is 2.27. The first kappa shape index (κ1) is 10.5. The molecule has 17 heavy (non-hydrogen) atoms. The van der Waals surface area contributed by atoms with Crippen LogP contribution in [0.1, 0.15) is 0 Å². The molecule has 0 aliphatic heterocycles. The number of nitrogens with one attached hydrogen (secondary N) is 1. The fourth-order valence-electron chi connectivity index (χ4n) is 1.69. The molecule has 3 nitrogen and oxygen atoms in total. The van der Waals surface area contributed by atoms with Crippen LogP contribution in [0, 0.1) is 4.51 Å². The van der Waals surface area contributed by atoms with Gasteiger partial charge in [0, 0.05) is 16.6 Å². The number of H-pyrrole nitrogens is 1. The van der Waals surface area contributed by atoms with E-state index in [1.165, 1.54) is 0 Å². The second-order valence-electron chi connectivity index (χ2n) is 3.58. The van der Waals surface area contributed by atoms with E-state index in [-0.39, 0.29) is 0 Å². The van der Waals surface area contributed by atoms with Crippen molar-refractivity contribution in [1.82, 2.24) is 10.2 Å². The molecule has 0 aliphatic rings. The van der Waals surface area contributed by atoms with Crippen molar-refractivity contribution in [1.29, 1.82) is 0 Å². The third-order valence-electron chi connectivity index (χ3n) is 2.51. The number of hydrogen-bond acceptors (Lipinski definition) is 3. The summed E-state index contributed by atoms with van der Waals surface area (Å²) < 4.78 is 6.22. The molecule has 0 aliphatic carbocycles. The summed E-state index contributed by atoms with van der Waals surface area (Å²) in [6, 6.07) is 7.23. The molecule has 0 amide bonds. The van der Waals surface area contributed by atoms with Crippen LogP contribution in [0.4, 0.5) is 0 Å². The Morgan fingerprint density at radius 2 is 2.18 bits per heavy atom. The molecule has 3 aromatic rings. The molecule has 2 heterocycles. The van der Waals surface area contributed by atoms with E-state index in [0.717, 1.165) is 22.2 Å². The van der Waals surface area contributed by atoms with Crippen LogP contribution in [0.15, 0.2) is 41.1 Å². The van der Waals surface area contributed by atoms with Gasteiger partial charge in [0.05, 0.1) is 15.8 Å². The predicted octanol–water partition coefficient (Wildman–Crippen LogP) is 4.21. The van der Waals surface area contributed by atoms with E-state index in [0.29, 0.717) is 9.53 Å². The van der Waals surface area contributed by atoms with Crippen molar-refractivity contribution in [2.24, 2.45) is 0 Å². The van der Waals surface area contributed by atoms with Crippen LogP contribution < -0.4 is 0 Å². The fraction of sp³-hybridized carbons (Fsp3) is 0. The number of rotatable bonds is 1. The summed E-state index contributed by atoms with van der Waals surface area (Å²) in [7, 11) is 0. The number of aromatic amines is 1. The third-order valence-corrected chi connectivity index (χ3v) is 3.19. The molecule has 0 saturated carbocycles. The smallest absolute Gasteiger partial charge is 0.135 e. The molecule has 2 aromatic heterocycles. The van der Waals surface area contributed by atoms with Gasteiger partial charge in [-0.05, 0) is 24.3 Å². The van der Waals surface area contributed by atoms with E-state index >= 15 is 0 Å². The van der Waals surface area contributed by atoms with Crippen molar-refractivity contribution >= 4 is 34.8 Å². The average molecular weight is 263 g/mol. The topological polar surface area (TPSA) is 41.8 Å². The first-order valence-electron chi connectivity index (χ1n) is 4.97. The maximum Gasteiger partial charge on any atom is 0.135 e. The van der Waals surface area contributed by atoms with E-state index in [4.69, 9.17) is 28.2 Å². The van der Waals surface area contributed by atoms with Crippen LogP contribution in [0.3, 0.4) is 0 Å². The predicted molar refractivity (Wildman–Crippen MR) is 69.6 cm³/mol. The molecule has 0 spiro atoms. The Bertz CT molecular complexity index is 734. The molecular formula is C12H7ClN2OS. The molecule has 1 N–H and O–H groups in total. The average Bonchev–Trinajstić information content (AvgIpc) is 2.84. The molecule has 0 fully saturated rings. The van der Waals surface area contributed by atoms with E-state index in [1.54, 1.807) is 24.6 Å². The number of hydrogen-bond donors (Lipinski definition) is 1. The Kier molecular flexibility index (Phi) is 2.46. The standard InChI is InChI=1S/C12H7ClN2OS/c13-7-1-2-11-8(5-7)12(17)9(6-16-11)10-3-4-14-15-10/h1-6H,(H,14,15). The molecule has 84 valence electrons. The first-order valence-corrected chi connectivity index (χ1v) is 5.75. The SMILES string of the molecule is S=c1c(-c2cc[nH]n2)coc2ccc(Cl)cc12. The Morgan fingerprint density at radius 1 is 1.29 bits per heavy atom.